The third-order valence-corrected chi connectivity index (χ3v) is 6.87. The van der Waals surface area contributed by atoms with Crippen LogP contribution in [0.25, 0.3) is 33.4 Å². The van der Waals surface area contributed by atoms with Crippen molar-refractivity contribution in [3.8, 4) is 22.5 Å². The van der Waals surface area contributed by atoms with Crippen LogP contribution >= 0.6 is 0 Å². The first-order valence-electron chi connectivity index (χ1n) is 11.2. The molecule has 0 bridgehead atoms. The van der Waals surface area contributed by atoms with E-state index in [2.05, 4.69) is 45.9 Å². The lowest BCUT2D eigenvalue weighted by Gasteiger charge is -2.33. The molecule has 0 radical (unpaired) electrons. The van der Waals surface area contributed by atoms with E-state index in [-0.39, 0.29) is 5.56 Å². The Morgan fingerprint density at radius 1 is 1.00 bits per heavy atom. The van der Waals surface area contributed by atoms with Gasteiger partial charge in [0.25, 0.3) is 0 Å². The van der Waals surface area contributed by atoms with E-state index in [0.717, 1.165) is 70.6 Å². The van der Waals surface area contributed by atoms with Crippen LogP contribution in [0.3, 0.4) is 0 Å². The molecule has 0 unspecified atom stereocenters. The van der Waals surface area contributed by atoms with Gasteiger partial charge in [-0.2, -0.15) is 0 Å². The zero-order chi connectivity index (χ0) is 21.8. The lowest BCUT2D eigenvalue weighted by atomic mass is 9.88. The number of carboxylic acid groups (broad SMARTS) is 1. The van der Waals surface area contributed by atoms with E-state index in [1.54, 1.807) is 12.1 Å². The second kappa shape index (κ2) is 7.23. The molecule has 3 heterocycles. The molecule has 3 aliphatic heterocycles. The Morgan fingerprint density at radius 3 is 2.53 bits per heavy atom. The number of carbonyl (C=O) groups excluding carboxylic acids is 1. The molecule has 2 aromatic carbocycles. The van der Waals surface area contributed by atoms with Gasteiger partial charge in [-0.05, 0) is 42.7 Å². The van der Waals surface area contributed by atoms with Crippen LogP contribution in [0.5, 0.6) is 0 Å². The first-order valence-corrected chi connectivity index (χ1v) is 11.2. The topological polar surface area (TPSA) is 59.5 Å². The quantitative estimate of drug-likeness (QED) is 0.374. The van der Waals surface area contributed by atoms with Crippen LogP contribution in [-0.4, -0.2) is 32.1 Å². The van der Waals surface area contributed by atoms with E-state index in [1.165, 1.54) is 12.8 Å². The highest BCUT2D eigenvalue weighted by atomic mass is 16.4. The van der Waals surface area contributed by atoms with Crippen LogP contribution in [0.2, 0.25) is 0 Å². The third-order valence-electron chi connectivity index (χ3n) is 6.87. The maximum absolute atomic E-state index is 12.1. The van der Waals surface area contributed by atoms with Crippen molar-refractivity contribution in [2.45, 2.75) is 19.8 Å². The van der Waals surface area contributed by atoms with Crippen LogP contribution in [0, 0.1) is 6.92 Å². The molecular formula is C27H24N2O3. The summed E-state index contributed by atoms with van der Waals surface area (Å²) in [7, 11) is 0. The summed E-state index contributed by atoms with van der Waals surface area (Å²) in [5, 5.41) is 14.1. The summed E-state index contributed by atoms with van der Waals surface area (Å²) in [5.74, 6) is -0.398. The van der Waals surface area contributed by atoms with Crippen molar-refractivity contribution < 1.29 is 14.3 Å². The summed E-state index contributed by atoms with van der Waals surface area (Å²) in [6.45, 7) is 6.16. The maximum Gasteiger partial charge on any atom is 0.203 e. The van der Waals surface area contributed by atoms with E-state index < -0.39 is 5.97 Å². The Balaban J connectivity index is 1.71. The molecule has 160 valence electrons. The molecule has 0 atom stereocenters. The fourth-order valence-corrected chi connectivity index (χ4v) is 4.85. The van der Waals surface area contributed by atoms with Crippen molar-refractivity contribution in [3.63, 3.8) is 0 Å². The van der Waals surface area contributed by atoms with E-state index in [0.29, 0.717) is 5.56 Å². The normalized spacial score (nSPS) is 15.7. The Hall–Kier alpha value is -3.60. The average Bonchev–Trinajstić information content (AvgIpc) is 2.69. The molecule has 2 fully saturated rings. The maximum atomic E-state index is 12.1. The number of rotatable bonds is 3. The van der Waals surface area contributed by atoms with Crippen molar-refractivity contribution in [2.75, 3.05) is 31.1 Å². The standard InChI is InChI=1S/C27H24N2O3/c1-17-5-2-6-22(27(30)31)25(17)26-20-9-7-18(28-11-3-12-28)15-23(20)32-24-16-19(8-10-21(24)26)29-13-4-14-29/h2,5-10,15-16H,3-4,11-14H2,1H3. The van der Waals surface area contributed by atoms with Crippen molar-refractivity contribution in [1.29, 1.82) is 0 Å². The lowest BCUT2D eigenvalue weighted by Crippen LogP contribution is -2.40. The molecule has 5 heteroatoms. The summed E-state index contributed by atoms with van der Waals surface area (Å²) < 4.78 is 8.78. The molecule has 0 aromatic heterocycles. The minimum absolute atomic E-state index is 0.206. The zero-order valence-electron chi connectivity index (χ0n) is 18.1. The zero-order valence-corrected chi connectivity index (χ0v) is 18.1. The van der Waals surface area contributed by atoms with Crippen molar-refractivity contribution in [2.24, 2.45) is 0 Å². The summed E-state index contributed by atoms with van der Waals surface area (Å²) in [5.41, 5.74) is 5.52. The van der Waals surface area contributed by atoms with Crippen LogP contribution in [0.4, 0.5) is 5.69 Å². The van der Waals surface area contributed by atoms with Crippen molar-refractivity contribution in [1.82, 2.24) is 4.58 Å². The number of carbonyl (C=O) groups is 1. The van der Waals surface area contributed by atoms with E-state index in [4.69, 9.17) is 4.42 Å². The Labute approximate surface area is 186 Å². The fourth-order valence-electron chi connectivity index (χ4n) is 4.85. The van der Waals surface area contributed by atoms with E-state index in [9.17, 15) is 9.90 Å². The Kier molecular flexibility index (Phi) is 4.32. The summed E-state index contributed by atoms with van der Waals surface area (Å²) >= 11 is 0. The number of anilines is 1. The van der Waals surface area contributed by atoms with Gasteiger partial charge in [0.05, 0.1) is 18.5 Å². The van der Waals surface area contributed by atoms with Gasteiger partial charge >= 0.3 is 0 Å². The van der Waals surface area contributed by atoms with Gasteiger partial charge in [-0.1, -0.05) is 18.2 Å². The lowest BCUT2D eigenvalue weighted by molar-refractivity contribution is -0.254. The van der Waals surface area contributed by atoms with Crippen molar-refractivity contribution >= 4 is 22.6 Å². The summed E-state index contributed by atoms with van der Waals surface area (Å²) in [6.07, 6.45) is 2.41. The highest BCUT2D eigenvalue weighted by Crippen LogP contribution is 2.43. The first kappa shape index (κ1) is 19.1. The predicted octanol–water partition coefficient (Wildman–Crippen LogP) is 3.26. The SMILES string of the molecule is Cc1cccc(C(=O)[O-])c1-c1c2ccc(=[N+]3CCC3)cc-2oc2cc(N3CCC3)ccc12. The molecule has 2 aromatic rings. The monoisotopic (exact) mass is 424 g/mol. The van der Waals surface area contributed by atoms with Crippen LogP contribution in [0.15, 0.2) is 59.0 Å². The van der Waals surface area contributed by atoms with Gasteiger partial charge in [-0.3, -0.25) is 0 Å². The predicted molar refractivity (Wildman–Crippen MR) is 124 cm³/mol. The molecule has 0 amide bonds. The van der Waals surface area contributed by atoms with E-state index >= 15 is 0 Å². The molecule has 6 rings (SSSR count). The molecule has 0 saturated carbocycles. The number of nitrogens with zero attached hydrogens (tertiary/aromatic N) is 2. The van der Waals surface area contributed by atoms with Crippen LogP contribution in [-0.2, 0) is 0 Å². The number of hydrogen-bond acceptors (Lipinski definition) is 4. The average molecular weight is 425 g/mol. The summed E-state index contributed by atoms with van der Waals surface area (Å²) in [6, 6.07) is 17.9. The molecule has 0 N–H and O–H groups in total. The van der Waals surface area contributed by atoms with Gasteiger partial charge < -0.3 is 19.2 Å². The molecule has 0 spiro atoms. The highest BCUT2D eigenvalue weighted by molar-refractivity contribution is 6.08. The summed E-state index contributed by atoms with van der Waals surface area (Å²) in [4.78, 5) is 14.4. The van der Waals surface area contributed by atoms with Gasteiger partial charge in [0.2, 0.25) is 5.36 Å². The second-order valence-corrected chi connectivity index (χ2v) is 8.80. The number of aryl methyl sites for hydroxylation is 1. The number of aromatic carboxylic acids is 1. The molecule has 2 saturated heterocycles. The molecular weight excluding hydrogens is 400 g/mol. The van der Waals surface area contributed by atoms with Gasteiger partial charge in [0.15, 0.2) is 0 Å². The molecule has 4 aliphatic rings. The smallest absolute Gasteiger partial charge is 0.203 e. The van der Waals surface area contributed by atoms with Gasteiger partial charge in [-0.25, -0.2) is 4.58 Å². The molecule has 5 nitrogen and oxygen atoms in total. The Bertz CT molecular complexity index is 1420. The van der Waals surface area contributed by atoms with Gasteiger partial charge in [0, 0.05) is 53.0 Å². The van der Waals surface area contributed by atoms with Gasteiger partial charge in [0.1, 0.15) is 24.4 Å². The Morgan fingerprint density at radius 2 is 1.84 bits per heavy atom. The third kappa shape index (κ3) is 2.92. The number of hydrogen-bond donors (Lipinski definition) is 0. The minimum atomic E-state index is -1.17. The number of carboxylic acids is 1. The van der Waals surface area contributed by atoms with Gasteiger partial charge in [-0.15, -0.1) is 0 Å². The minimum Gasteiger partial charge on any atom is -0.545 e. The fraction of sp³-hybridized carbons (Fsp3) is 0.259. The number of benzene rings is 3. The van der Waals surface area contributed by atoms with Crippen LogP contribution in [0.1, 0.15) is 28.8 Å². The molecule has 32 heavy (non-hydrogen) atoms. The molecule has 1 aliphatic carbocycles. The highest BCUT2D eigenvalue weighted by Gasteiger charge is 2.24. The van der Waals surface area contributed by atoms with E-state index in [1.807, 2.05) is 13.0 Å². The largest absolute Gasteiger partial charge is 0.545 e. The number of fused-ring (bicyclic) bond motifs is 2. The second-order valence-electron chi connectivity index (χ2n) is 8.80. The first-order chi connectivity index (χ1) is 15.6. The van der Waals surface area contributed by atoms with Crippen LogP contribution < -0.4 is 19.9 Å². The van der Waals surface area contributed by atoms with Crippen molar-refractivity contribution in [3.05, 3.63) is 71.1 Å².